The zero-order chi connectivity index (χ0) is 42.5. The lowest BCUT2D eigenvalue weighted by molar-refractivity contribution is 0.669. The molecule has 58 heavy (non-hydrogen) atoms. The lowest BCUT2D eigenvalue weighted by Crippen LogP contribution is -2.02. The Morgan fingerprint density at radius 3 is 1.79 bits per heavy atom. The monoisotopic (exact) mass is 745 g/mol. The van der Waals surface area contributed by atoms with Crippen LogP contribution in [0.15, 0.2) is 198 Å². The molecule has 0 bridgehead atoms. The predicted molar refractivity (Wildman–Crippen MR) is 238 cm³/mol. The maximum Gasteiger partial charge on any atom is 0.167 e. The van der Waals surface area contributed by atoms with Gasteiger partial charge in [-0.25, -0.2) is 15.0 Å². The Morgan fingerprint density at radius 1 is 0.414 bits per heavy atom. The molecule has 0 atom stereocenters. The van der Waals surface area contributed by atoms with Gasteiger partial charge in [0.1, 0.15) is 11.2 Å². The molecule has 0 saturated heterocycles. The Balaban J connectivity index is 1.22. The van der Waals surface area contributed by atoms with E-state index in [-0.39, 0.29) is 23.0 Å². The lowest BCUT2D eigenvalue weighted by Gasteiger charge is -2.14. The van der Waals surface area contributed by atoms with Crippen LogP contribution in [0.4, 0.5) is 0 Å². The normalized spacial score (nSPS) is 13.0. The molecule has 0 aliphatic heterocycles. The Labute approximate surface area is 340 Å². The Kier molecular flexibility index (Phi) is 6.12. The van der Waals surface area contributed by atoms with Gasteiger partial charge in [0, 0.05) is 38.4 Å². The third-order valence-corrected chi connectivity index (χ3v) is 11.1. The Morgan fingerprint density at radius 2 is 1.03 bits per heavy atom. The van der Waals surface area contributed by atoms with Crippen LogP contribution in [0.25, 0.3) is 116 Å². The van der Waals surface area contributed by atoms with Crippen LogP contribution in [-0.2, 0) is 0 Å². The van der Waals surface area contributed by atoms with Crippen molar-refractivity contribution < 1.29 is 11.3 Å². The molecule has 5 heteroatoms. The second-order valence-corrected chi connectivity index (χ2v) is 14.4. The van der Waals surface area contributed by atoms with Gasteiger partial charge in [-0.05, 0) is 75.1 Å². The molecular formula is C53H32N4O. The third-order valence-electron chi connectivity index (χ3n) is 11.1. The second kappa shape index (κ2) is 12.8. The van der Waals surface area contributed by atoms with Gasteiger partial charge in [0.25, 0.3) is 0 Å². The average molecular weight is 746 g/mol. The van der Waals surface area contributed by atoms with Gasteiger partial charge in [0.2, 0.25) is 0 Å². The summed E-state index contributed by atoms with van der Waals surface area (Å²) in [5.41, 5.74) is 7.26. The van der Waals surface area contributed by atoms with Crippen LogP contribution in [-0.4, -0.2) is 19.5 Å². The van der Waals surface area contributed by atoms with Crippen molar-refractivity contribution in [3.63, 3.8) is 0 Å². The summed E-state index contributed by atoms with van der Waals surface area (Å²) in [6, 6.07) is 53.1. The van der Waals surface area contributed by atoms with Crippen LogP contribution in [0.1, 0.15) is 6.85 Å². The first-order valence-electron chi connectivity index (χ1n) is 21.6. The van der Waals surface area contributed by atoms with Crippen molar-refractivity contribution in [3.05, 3.63) is 194 Å². The van der Waals surface area contributed by atoms with Gasteiger partial charge in [0.15, 0.2) is 17.5 Å². The van der Waals surface area contributed by atoms with Gasteiger partial charge < -0.3 is 8.98 Å². The number of rotatable bonds is 5. The van der Waals surface area contributed by atoms with Crippen LogP contribution in [0.2, 0.25) is 0 Å². The van der Waals surface area contributed by atoms with Crippen molar-refractivity contribution in [2.75, 3.05) is 0 Å². The van der Waals surface area contributed by atoms with E-state index in [1.165, 1.54) is 0 Å². The number of aromatic nitrogens is 4. The molecular weight excluding hydrogens is 709 g/mol. The first-order chi connectivity index (χ1) is 30.8. The van der Waals surface area contributed by atoms with E-state index in [0.717, 1.165) is 70.9 Å². The van der Waals surface area contributed by atoms with Crippen LogP contribution < -0.4 is 0 Å². The van der Waals surface area contributed by atoms with Gasteiger partial charge >= 0.3 is 0 Å². The number of para-hydroxylation sites is 2. The molecule has 12 aromatic rings. The number of hydrogen-bond donors (Lipinski definition) is 0. The number of benzene rings is 9. The van der Waals surface area contributed by atoms with Gasteiger partial charge in [-0.3, -0.25) is 0 Å². The first kappa shape index (κ1) is 27.7. The third kappa shape index (κ3) is 5.07. The van der Waals surface area contributed by atoms with Crippen molar-refractivity contribution in [3.8, 4) is 51.0 Å². The lowest BCUT2D eigenvalue weighted by atomic mass is 9.97. The van der Waals surface area contributed by atoms with Crippen molar-refractivity contribution >= 4 is 65.3 Å². The van der Waals surface area contributed by atoms with Crippen LogP contribution >= 0.6 is 0 Å². The molecule has 9 aromatic carbocycles. The molecule has 0 amide bonds. The quantitative estimate of drug-likeness (QED) is 0.165. The predicted octanol–water partition coefficient (Wildman–Crippen LogP) is 13.8. The van der Waals surface area contributed by atoms with E-state index in [1.54, 1.807) is 0 Å². The SMILES string of the molecule is [2H]c1c([2H])c([2H])c(-c2nc(-c3cc4ccccc4c4ccccc34)nc(-c3cc(-n4c5ccccc5c5ccccc54)cc4c3oc3cc(-c5ccccc5)ccc34)n2)c([2H])c1[2H]. The van der Waals surface area contributed by atoms with Crippen LogP contribution in [0.5, 0.6) is 0 Å². The van der Waals surface area contributed by atoms with Gasteiger partial charge in [-0.15, -0.1) is 0 Å². The smallest absolute Gasteiger partial charge is 0.167 e. The molecule has 0 saturated carbocycles. The minimum atomic E-state index is -0.499. The van der Waals surface area contributed by atoms with E-state index in [0.29, 0.717) is 22.3 Å². The van der Waals surface area contributed by atoms with Crippen LogP contribution in [0, 0.1) is 0 Å². The fourth-order valence-corrected chi connectivity index (χ4v) is 8.50. The summed E-state index contributed by atoms with van der Waals surface area (Å²) in [5, 5.41) is 7.87. The highest BCUT2D eigenvalue weighted by Crippen LogP contribution is 2.42. The molecule has 0 unspecified atom stereocenters. The average Bonchev–Trinajstić information content (AvgIpc) is 3.88. The van der Waals surface area contributed by atoms with Crippen molar-refractivity contribution in [2.24, 2.45) is 0 Å². The summed E-state index contributed by atoms with van der Waals surface area (Å²) < 4.78 is 52.8. The zero-order valence-corrected chi connectivity index (χ0v) is 30.8. The van der Waals surface area contributed by atoms with E-state index >= 15 is 0 Å². The fourth-order valence-electron chi connectivity index (χ4n) is 8.50. The minimum Gasteiger partial charge on any atom is -0.455 e. The van der Waals surface area contributed by atoms with E-state index in [4.69, 9.17) is 26.2 Å². The van der Waals surface area contributed by atoms with Crippen molar-refractivity contribution in [1.82, 2.24) is 19.5 Å². The molecule has 3 aromatic heterocycles. The maximum atomic E-state index is 9.04. The maximum absolute atomic E-state index is 9.04. The van der Waals surface area contributed by atoms with E-state index in [1.807, 2.05) is 97.1 Å². The topological polar surface area (TPSA) is 56.7 Å². The fraction of sp³-hybridized carbons (Fsp3) is 0. The largest absolute Gasteiger partial charge is 0.455 e. The van der Waals surface area contributed by atoms with E-state index in [9.17, 15) is 0 Å². The Bertz CT molecular complexity index is 3800. The highest BCUT2D eigenvalue weighted by molar-refractivity contribution is 6.15. The molecule has 5 nitrogen and oxygen atoms in total. The van der Waals surface area contributed by atoms with Crippen molar-refractivity contribution in [2.45, 2.75) is 0 Å². The molecule has 0 radical (unpaired) electrons. The van der Waals surface area contributed by atoms with Crippen LogP contribution in [0.3, 0.4) is 0 Å². The molecule has 12 rings (SSSR count). The number of fused-ring (bicyclic) bond motifs is 9. The number of furan rings is 1. The zero-order valence-electron chi connectivity index (χ0n) is 35.8. The number of nitrogens with zero attached hydrogens (tertiary/aromatic N) is 4. The minimum absolute atomic E-state index is 0.0536. The second-order valence-electron chi connectivity index (χ2n) is 14.4. The van der Waals surface area contributed by atoms with Crippen molar-refractivity contribution in [1.29, 1.82) is 0 Å². The highest BCUT2D eigenvalue weighted by Gasteiger charge is 2.22. The Hall–Kier alpha value is -7.89. The summed E-state index contributed by atoms with van der Waals surface area (Å²) in [7, 11) is 0. The summed E-state index contributed by atoms with van der Waals surface area (Å²) in [6.07, 6.45) is 0. The first-order valence-corrected chi connectivity index (χ1v) is 19.1. The van der Waals surface area contributed by atoms with Gasteiger partial charge in [-0.1, -0.05) is 152 Å². The molecule has 0 spiro atoms. The number of hydrogen-bond acceptors (Lipinski definition) is 4. The molecule has 0 fully saturated rings. The molecule has 3 heterocycles. The standard InChI is InChI=1S/C53H32N4O/c1-3-15-33(16-4-1)35-27-28-43-44-31-37(57-47-25-13-11-23-41(47)42-24-12-14-26-48(42)57)32-46(50(44)58-49(43)30-35)53-55-51(34-17-5-2-6-18-34)54-52(56-53)45-29-36-19-7-8-20-38(36)39-21-9-10-22-40(39)45/h1-32H/i2D,5D,6D,17D,18D. The highest BCUT2D eigenvalue weighted by atomic mass is 16.3. The molecule has 0 aliphatic rings. The molecule has 270 valence electrons. The molecule has 0 aliphatic carbocycles. The summed E-state index contributed by atoms with van der Waals surface area (Å²) >= 11 is 0. The van der Waals surface area contributed by atoms with E-state index < -0.39 is 30.2 Å². The molecule has 0 N–H and O–H groups in total. The summed E-state index contributed by atoms with van der Waals surface area (Å²) in [4.78, 5) is 15.3. The summed E-state index contributed by atoms with van der Waals surface area (Å²) in [6.45, 7) is 0. The van der Waals surface area contributed by atoms with E-state index in [2.05, 4.69) is 71.3 Å². The van der Waals surface area contributed by atoms with Gasteiger partial charge in [0.05, 0.1) is 23.5 Å². The van der Waals surface area contributed by atoms with Gasteiger partial charge in [-0.2, -0.15) is 0 Å². The summed E-state index contributed by atoms with van der Waals surface area (Å²) in [5.74, 6) is 0.442.